The van der Waals surface area contributed by atoms with Gasteiger partial charge in [-0.1, -0.05) is 18.2 Å². The number of benzene rings is 2. The third-order valence-electron chi connectivity index (χ3n) is 4.46. The average molecular weight is 358 g/mol. The van der Waals surface area contributed by atoms with Crippen LogP contribution in [-0.2, 0) is 6.54 Å². The second-order valence-electron chi connectivity index (χ2n) is 6.14. The number of furan rings is 1. The molecule has 4 nitrogen and oxygen atoms in total. The highest BCUT2D eigenvalue weighted by Gasteiger charge is 2.18. The van der Waals surface area contributed by atoms with Gasteiger partial charge in [0.1, 0.15) is 0 Å². The molecule has 0 unspecified atom stereocenters. The predicted molar refractivity (Wildman–Crippen MR) is 105 cm³/mol. The largest absolute Gasteiger partial charge is 0.459 e. The van der Waals surface area contributed by atoms with Gasteiger partial charge in [0.25, 0.3) is 5.91 Å². The molecule has 1 aliphatic heterocycles. The van der Waals surface area contributed by atoms with Gasteiger partial charge in [-0.25, -0.2) is 0 Å². The summed E-state index contributed by atoms with van der Waals surface area (Å²) in [6, 6.07) is 17.9. The molecule has 0 spiro atoms. The number of nitrogens with one attached hydrogen (secondary N) is 1. The van der Waals surface area contributed by atoms with Crippen LogP contribution in [0.5, 0.6) is 0 Å². The molecule has 2 aromatic heterocycles. The van der Waals surface area contributed by atoms with E-state index in [0.717, 1.165) is 16.8 Å². The highest BCUT2D eigenvalue weighted by atomic mass is 32.1. The van der Waals surface area contributed by atoms with Gasteiger partial charge in [-0.2, -0.15) is 0 Å². The quantitative estimate of drug-likeness (QED) is 0.537. The minimum Gasteiger partial charge on any atom is -0.459 e. The molecule has 0 fully saturated rings. The molecule has 0 saturated carbocycles. The maximum Gasteiger partial charge on any atom is 0.291 e. The normalized spacial score (nSPS) is 12.5. The second-order valence-corrected chi connectivity index (χ2v) is 7.23. The molecule has 126 valence electrons. The third kappa shape index (κ3) is 2.53. The van der Waals surface area contributed by atoms with Gasteiger partial charge in [0.05, 0.1) is 12.8 Å². The van der Waals surface area contributed by atoms with Gasteiger partial charge in [-0.15, -0.1) is 11.3 Å². The molecular weight excluding hydrogens is 344 g/mol. The predicted octanol–water partition coefficient (Wildman–Crippen LogP) is 5.35. The summed E-state index contributed by atoms with van der Waals surface area (Å²) in [5, 5.41) is 4.16. The maximum absolute atomic E-state index is 12.3. The lowest BCUT2D eigenvalue weighted by molar-refractivity contribution is 0.0996. The van der Waals surface area contributed by atoms with Crippen molar-refractivity contribution in [3.05, 3.63) is 77.7 Å². The highest BCUT2D eigenvalue weighted by Crippen LogP contribution is 2.39. The third-order valence-corrected chi connectivity index (χ3v) is 5.61. The molecule has 1 amide bonds. The van der Waals surface area contributed by atoms with E-state index >= 15 is 0 Å². The van der Waals surface area contributed by atoms with E-state index in [1.165, 1.54) is 26.8 Å². The molecule has 5 rings (SSSR count). The lowest BCUT2D eigenvalue weighted by Gasteiger charge is -2.10. The first-order valence-electron chi connectivity index (χ1n) is 8.28. The van der Waals surface area contributed by atoms with Crippen LogP contribution in [0.15, 0.2) is 70.3 Å². The number of fused-ring (bicyclic) bond motifs is 2. The highest BCUT2D eigenvalue weighted by molar-refractivity contribution is 7.22. The Morgan fingerprint density at radius 3 is 2.88 bits per heavy atom. The van der Waals surface area contributed by atoms with Crippen molar-refractivity contribution in [3.63, 3.8) is 0 Å². The summed E-state index contributed by atoms with van der Waals surface area (Å²) in [4.78, 5) is 17.9. The Kier molecular flexibility index (Phi) is 3.47. The molecule has 0 radical (unpaired) electrons. The van der Waals surface area contributed by atoms with E-state index in [1.54, 1.807) is 23.5 Å². The number of amides is 1. The second kappa shape index (κ2) is 5.97. The first-order chi connectivity index (χ1) is 12.8. The fraction of sp³-hybridized carbons (Fsp3) is 0.0476. The minimum atomic E-state index is -0.257. The number of rotatable bonds is 3. The van der Waals surface area contributed by atoms with E-state index in [9.17, 15) is 4.79 Å². The molecule has 0 aliphatic carbocycles. The fourth-order valence-corrected chi connectivity index (χ4v) is 4.33. The molecule has 2 aromatic carbocycles. The van der Waals surface area contributed by atoms with Crippen LogP contribution in [0.3, 0.4) is 0 Å². The van der Waals surface area contributed by atoms with Crippen molar-refractivity contribution in [2.24, 2.45) is 4.99 Å². The molecular formula is C21H14N2O2S. The number of carbonyl (C=O) groups is 1. The van der Waals surface area contributed by atoms with E-state index in [-0.39, 0.29) is 5.91 Å². The zero-order valence-electron chi connectivity index (χ0n) is 13.7. The van der Waals surface area contributed by atoms with Crippen molar-refractivity contribution in [2.75, 3.05) is 5.32 Å². The van der Waals surface area contributed by atoms with Crippen LogP contribution in [-0.4, -0.2) is 12.1 Å². The first kappa shape index (κ1) is 15.1. The van der Waals surface area contributed by atoms with Crippen LogP contribution in [0.2, 0.25) is 0 Å². The topological polar surface area (TPSA) is 54.6 Å². The Bertz CT molecular complexity index is 1120. The number of aliphatic imine (C=N–C) groups is 1. The smallest absolute Gasteiger partial charge is 0.291 e. The fourth-order valence-electron chi connectivity index (χ4n) is 3.23. The van der Waals surface area contributed by atoms with E-state index in [0.29, 0.717) is 12.3 Å². The number of carbonyl (C=O) groups excluding carboxylic acids is 1. The van der Waals surface area contributed by atoms with Gasteiger partial charge in [0, 0.05) is 27.0 Å². The number of hydrogen-bond donors (Lipinski definition) is 1. The van der Waals surface area contributed by atoms with Crippen LogP contribution < -0.4 is 5.32 Å². The summed E-state index contributed by atoms with van der Waals surface area (Å²) in [6.45, 7) is 0.672. The van der Waals surface area contributed by atoms with Crippen molar-refractivity contribution in [2.45, 2.75) is 6.54 Å². The number of anilines is 1. The standard InChI is InChI=1S/C21H14N2O2S/c24-21(18-5-3-7-25-18)23-15-8-14-11-22-12-17(14)16(10-15)20-9-13-4-1-2-6-19(13)26-20/h1-11H,12H2,(H,23,24). The van der Waals surface area contributed by atoms with E-state index in [1.807, 2.05) is 24.4 Å². The molecule has 0 atom stereocenters. The zero-order valence-corrected chi connectivity index (χ0v) is 14.5. The lowest BCUT2D eigenvalue weighted by atomic mass is 10.0. The van der Waals surface area contributed by atoms with Crippen LogP contribution in [0.25, 0.3) is 20.5 Å². The monoisotopic (exact) mass is 358 g/mol. The van der Waals surface area contributed by atoms with Gasteiger partial charge in [0.15, 0.2) is 5.76 Å². The SMILES string of the molecule is O=C(Nc1cc2c(c(-c3cc4ccccc4s3)c1)CN=C2)c1ccco1. The Balaban J connectivity index is 1.59. The number of hydrogen-bond acceptors (Lipinski definition) is 4. The van der Waals surface area contributed by atoms with Crippen LogP contribution in [0.4, 0.5) is 5.69 Å². The van der Waals surface area contributed by atoms with Crippen LogP contribution in [0.1, 0.15) is 21.7 Å². The summed E-state index contributed by atoms with van der Waals surface area (Å²) >= 11 is 1.75. The van der Waals surface area contributed by atoms with Gasteiger partial charge in [0.2, 0.25) is 0 Å². The minimum absolute atomic E-state index is 0.257. The molecule has 1 N–H and O–H groups in total. The Hall–Kier alpha value is -3.18. The lowest BCUT2D eigenvalue weighted by Crippen LogP contribution is -2.11. The summed E-state index contributed by atoms with van der Waals surface area (Å²) in [6.07, 6.45) is 3.36. The molecule has 26 heavy (non-hydrogen) atoms. The van der Waals surface area contributed by atoms with Gasteiger partial charge in [-0.05, 0) is 52.9 Å². The van der Waals surface area contributed by atoms with Gasteiger partial charge in [-0.3, -0.25) is 9.79 Å². The van der Waals surface area contributed by atoms with Crippen LogP contribution >= 0.6 is 11.3 Å². The van der Waals surface area contributed by atoms with Crippen molar-refractivity contribution < 1.29 is 9.21 Å². The molecule has 3 heterocycles. The molecule has 5 heteroatoms. The van der Waals surface area contributed by atoms with E-state index < -0.39 is 0 Å². The van der Waals surface area contributed by atoms with Gasteiger partial charge < -0.3 is 9.73 Å². The first-order valence-corrected chi connectivity index (χ1v) is 9.10. The molecule has 0 bridgehead atoms. The van der Waals surface area contributed by atoms with E-state index in [4.69, 9.17) is 4.42 Å². The average Bonchev–Trinajstić information content (AvgIpc) is 3.39. The molecule has 4 aromatic rings. The van der Waals surface area contributed by atoms with Gasteiger partial charge >= 0.3 is 0 Å². The molecule has 1 aliphatic rings. The number of nitrogens with zero attached hydrogens (tertiary/aromatic N) is 1. The van der Waals surface area contributed by atoms with Crippen LogP contribution in [0, 0.1) is 0 Å². The zero-order chi connectivity index (χ0) is 17.5. The Morgan fingerprint density at radius 2 is 2.04 bits per heavy atom. The summed E-state index contributed by atoms with van der Waals surface area (Å²) < 4.78 is 6.43. The van der Waals surface area contributed by atoms with E-state index in [2.05, 4.69) is 34.6 Å². The summed E-state index contributed by atoms with van der Waals surface area (Å²) in [5.74, 6) is 0.0368. The number of thiophene rings is 1. The van der Waals surface area contributed by atoms with Crippen molar-refractivity contribution in [1.29, 1.82) is 0 Å². The summed E-state index contributed by atoms with van der Waals surface area (Å²) in [7, 11) is 0. The Labute approximate surface area is 153 Å². The summed E-state index contributed by atoms with van der Waals surface area (Å²) in [5.41, 5.74) is 4.11. The molecule has 0 saturated heterocycles. The van der Waals surface area contributed by atoms with Crippen molar-refractivity contribution in [1.82, 2.24) is 0 Å². The van der Waals surface area contributed by atoms with Crippen molar-refractivity contribution >= 4 is 39.2 Å². The maximum atomic E-state index is 12.3. The van der Waals surface area contributed by atoms with Crippen molar-refractivity contribution in [3.8, 4) is 10.4 Å². The Morgan fingerprint density at radius 1 is 1.12 bits per heavy atom.